The van der Waals surface area contributed by atoms with Crippen LogP contribution in [0.2, 0.25) is 0 Å². The molecule has 36 heavy (non-hydrogen) atoms. The van der Waals surface area contributed by atoms with E-state index in [0.29, 0.717) is 6.42 Å². The maximum Gasteiger partial charge on any atom is 0.219 e. The van der Waals surface area contributed by atoms with E-state index in [0.717, 1.165) is 38.9 Å². The van der Waals surface area contributed by atoms with E-state index in [9.17, 15) is 4.79 Å². The number of allylic oxidation sites excluding steroid dienone is 2. The van der Waals surface area contributed by atoms with Gasteiger partial charge in [0.25, 0.3) is 0 Å². The van der Waals surface area contributed by atoms with Crippen LogP contribution in [0.3, 0.4) is 0 Å². The predicted octanol–water partition coefficient (Wildman–Crippen LogP) is 8.92. The molecule has 0 unspecified atom stereocenters. The van der Waals surface area contributed by atoms with E-state index in [-0.39, 0.29) is 5.91 Å². The normalized spacial score (nSPS) is 11.4. The van der Waals surface area contributed by atoms with Crippen molar-refractivity contribution in [2.75, 3.05) is 19.6 Å². The van der Waals surface area contributed by atoms with Crippen LogP contribution in [-0.4, -0.2) is 25.5 Å². The molecule has 2 N–H and O–H groups in total. The fourth-order valence-electron chi connectivity index (χ4n) is 4.60. The number of carbonyl (C=O) groups is 1. The number of carbonyl (C=O) groups excluding carboxylic acids is 1. The second kappa shape index (κ2) is 26.5. The van der Waals surface area contributed by atoms with E-state index in [1.807, 2.05) is 0 Å². The van der Waals surface area contributed by atoms with Crippen LogP contribution in [0.25, 0.3) is 0 Å². The summed E-state index contributed by atoms with van der Waals surface area (Å²) >= 11 is 0. The molecule has 206 valence electrons. The Bertz CT molecular complexity index is 613. The molecule has 0 saturated heterocycles. The highest BCUT2D eigenvalue weighted by molar-refractivity contribution is 5.75. The molecule has 0 aliphatic carbocycles. The maximum absolute atomic E-state index is 12.0. The number of hydrogen-bond donors (Lipinski definition) is 2. The number of benzene rings is 1. The Morgan fingerprint density at radius 1 is 0.639 bits per heavy atom. The monoisotopic (exact) mass is 498 g/mol. The van der Waals surface area contributed by atoms with E-state index >= 15 is 0 Å². The van der Waals surface area contributed by atoms with Crippen molar-refractivity contribution in [1.29, 1.82) is 0 Å². The van der Waals surface area contributed by atoms with Crippen LogP contribution >= 0.6 is 0 Å². The van der Waals surface area contributed by atoms with Crippen LogP contribution in [0.4, 0.5) is 0 Å². The Hall–Kier alpha value is -1.61. The minimum absolute atomic E-state index is 0.223. The summed E-state index contributed by atoms with van der Waals surface area (Å²) in [5.74, 6) is 0.223. The van der Waals surface area contributed by atoms with Gasteiger partial charge in [0.05, 0.1) is 0 Å². The van der Waals surface area contributed by atoms with Crippen LogP contribution in [-0.2, 0) is 11.2 Å². The van der Waals surface area contributed by atoms with Gasteiger partial charge in [0.2, 0.25) is 5.91 Å². The Labute approximate surface area is 224 Å². The van der Waals surface area contributed by atoms with Gasteiger partial charge >= 0.3 is 0 Å². The summed E-state index contributed by atoms with van der Waals surface area (Å²) in [6.07, 6.45) is 30.2. The van der Waals surface area contributed by atoms with E-state index in [1.165, 1.54) is 108 Å². The molecule has 0 heterocycles. The predicted molar refractivity (Wildman–Crippen MR) is 159 cm³/mol. The van der Waals surface area contributed by atoms with Crippen molar-refractivity contribution in [3.05, 3.63) is 48.0 Å². The van der Waals surface area contributed by atoms with Crippen molar-refractivity contribution in [3.63, 3.8) is 0 Å². The summed E-state index contributed by atoms with van der Waals surface area (Å²) < 4.78 is 0. The minimum Gasteiger partial charge on any atom is -0.356 e. The third-order valence-corrected chi connectivity index (χ3v) is 6.95. The van der Waals surface area contributed by atoms with E-state index < -0.39 is 0 Å². The first-order chi connectivity index (χ1) is 17.8. The van der Waals surface area contributed by atoms with Crippen LogP contribution in [0.15, 0.2) is 42.5 Å². The first-order valence-corrected chi connectivity index (χ1v) is 15.5. The van der Waals surface area contributed by atoms with Crippen molar-refractivity contribution in [1.82, 2.24) is 10.6 Å². The van der Waals surface area contributed by atoms with Gasteiger partial charge in [-0.2, -0.15) is 0 Å². The zero-order valence-electron chi connectivity index (χ0n) is 23.7. The average molecular weight is 499 g/mol. The summed E-state index contributed by atoms with van der Waals surface area (Å²) in [7, 11) is 0. The lowest BCUT2D eigenvalue weighted by Crippen LogP contribution is -2.27. The topological polar surface area (TPSA) is 41.1 Å². The number of unbranched alkanes of at least 4 members (excludes halogenated alkanes) is 15. The number of amides is 1. The Morgan fingerprint density at radius 3 is 1.81 bits per heavy atom. The molecule has 0 radical (unpaired) electrons. The zero-order valence-corrected chi connectivity index (χ0v) is 23.7. The van der Waals surface area contributed by atoms with Gasteiger partial charge in [-0.3, -0.25) is 4.79 Å². The summed E-state index contributed by atoms with van der Waals surface area (Å²) in [6.45, 7) is 5.02. The number of nitrogens with one attached hydrogen (secondary N) is 2. The fourth-order valence-corrected chi connectivity index (χ4v) is 4.60. The molecule has 0 aromatic heterocycles. The van der Waals surface area contributed by atoms with Gasteiger partial charge in [0, 0.05) is 13.0 Å². The van der Waals surface area contributed by atoms with Crippen molar-refractivity contribution in [3.8, 4) is 0 Å². The van der Waals surface area contributed by atoms with Crippen LogP contribution in [0.1, 0.15) is 134 Å². The molecule has 1 aromatic rings. The molecule has 0 spiro atoms. The highest BCUT2D eigenvalue weighted by Crippen LogP contribution is 2.12. The quantitative estimate of drug-likeness (QED) is 0.0988. The smallest absolute Gasteiger partial charge is 0.219 e. The highest BCUT2D eigenvalue weighted by atomic mass is 16.1. The minimum atomic E-state index is 0.223. The van der Waals surface area contributed by atoms with Gasteiger partial charge in [-0.05, 0) is 63.6 Å². The highest BCUT2D eigenvalue weighted by Gasteiger charge is 2.00. The molecular formula is C33H58N2O. The molecule has 3 heteroatoms. The third kappa shape index (κ3) is 22.8. The molecule has 0 aliphatic rings. The first-order valence-electron chi connectivity index (χ1n) is 15.5. The van der Waals surface area contributed by atoms with Crippen molar-refractivity contribution in [2.24, 2.45) is 0 Å². The van der Waals surface area contributed by atoms with Crippen LogP contribution in [0, 0.1) is 0 Å². The van der Waals surface area contributed by atoms with Gasteiger partial charge in [-0.1, -0.05) is 126 Å². The SMILES string of the molecule is CCCCCCCC/C=C\CCCCCCCCCCCC(=O)NCCCNCCc1ccccc1. The van der Waals surface area contributed by atoms with Gasteiger partial charge in [-0.15, -0.1) is 0 Å². The fraction of sp³-hybridized carbons (Fsp3) is 0.727. The molecule has 1 aromatic carbocycles. The van der Waals surface area contributed by atoms with E-state index in [1.54, 1.807) is 0 Å². The van der Waals surface area contributed by atoms with Crippen molar-refractivity contribution in [2.45, 2.75) is 135 Å². The Kier molecular flexibility index (Phi) is 23.8. The van der Waals surface area contributed by atoms with Crippen LogP contribution < -0.4 is 10.6 Å². The van der Waals surface area contributed by atoms with E-state index in [2.05, 4.69) is 60.0 Å². The summed E-state index contributed by atoms with van der Waals surface area (Å²) in [6, 6.07) is 10.6. The Balaban J connectivity index is 1.73. The summed E-state index contributed by atoms with van der Waals surface area (Å²) in [5.41, 5.74) is 1.37. The second-order valence-corrected chi connectivity index (χ2v) is 10.4. The molecular weight excluding hydrogens is 440 g/mol. The summed E-state index contributed by atoms with van der Waals surface area (Å²) in [4.78, 5) is 12.0. The number of hydrogen-bond acceptors (Lipinski definition) is 2. The zero-order chi connectivity index (χ0) is 25.8. The Morgan fingerprint density at radius 2 is 1.19 bits per heavy atom. The third-order valence-electron chi connectivity index (χ3n) is 6.95. The lowest BCUT2D eigenvalue weighted by atomic mass is 10.1. The lowest BCUT2D eigenvalue weighted by molar-refractivity contribution is -0.121. The standard InChI is InChI=1S/C33H58N2O/c1-2-3-4-5-6-7-8-9-10-11-12-13-14-15-16-17-18-19-23-27-33(36)35-30-24-29-34-31-28-32-25-21-20-22-26-32/h9-10,20-22,25-26,34H,2-8,11-19,23-24,27-31H2,1H3,(H,35,36)/b10-9-. The molecule has 0 saturated carbocycles. The molecule has 0 fully saturated rings. The van der Waals surface area contributed by atoms with Gasteiger partial charge < -0.3 is 10.6 Å². The summed E-state index contributed by atoms with van der Waals surface area (Å²) in [5, 5.41) is 6.53. The maximum atomic E-state index is 12.0. The molecule has 0 bridgehead atoms. The average Bonchev–Trinajstić information content (AvgIpc) is 2.90. The van der Waals surface area contributed by atoms with Gasteiger partial charge in [0.15, 0.2) is 0 Å². The van der Waals surface area contributed by atoms with E-state index in [4.69, 9.17) is 0 Å². The molecule has 0 atom stereocenters. The lowest BCUT2D eigenvalue weighted by Gasteiger charge is -2.07. The van der Waals surface area contributed by atoms with Crippen molar-refractivity contribution >= 4 is 5.91 Å². The first kappa shape index (κ1) is 32.4. The van der Waals surface area contributed by atoms with Crippen LogP contribution in [0.5, 0.6) is 0 Å². The molecule has 1 rings (SSSR count). The van der Waals surface area contributed by atoms with Crippen molar-refractivity contribution < 1.29 is 4.79 Å². The largest absolute Gasteiger partial charge is 0.356 e. The van der Waals surface area contributed by atoms with Gasteiger partial charge in [-0.25, -0.2) is 0 Å². The molecule has 1 amide bonds. The van der Waals surface area contributed by atoms with Gasteiger partial charge in [0.1, 0.15) is 0 Å². The second-order valence-electron chi connectivity index (χ2n) is 10.4. The molecule has 3 nitrogen and oxygen atoms in total. The number of rotatable bonds is 26. The molecule has 0 aliphatic heterocycles.